The first-order valence-corrected chi connectivity index (χ1v) is 9.40. The molecule has 1 amide bonds. The zero-order valence-corrected chi connectivity index (χ0v) is 15.9. The van der Waals surface area contributed by atoms with Gasteiger partial charge in [0.1, 0.15) is 5.82 Å². The van der Waals surface area contributed by atoms with E-state index in [1.165, 1.54) is 4.57 Å². The molecular weight excluding hydrogens is 386 g/mol. The van der Waals surface area contributed by atoms with E-state index in [-0.39, 0.29) is 11.5 Å². The molecule has 1 aromatic heterocycles. The summed E-state index contributed by atoms with van der Waals surface area (Å²) in [6.07, 6.45) is 1.64. The van der Waals surface area contributed by atoms with Gasteiger partial charge in [-0.1, -0.05) is 54.1 Å². The molecule has 1 aliphatic rings. The Kier molecular flexibility index (Phi) is 4.03. The second-order valence-electron chi connectivity index (χ2n) is 6.64. The van der Waals surface area contributed by atoms with E-state index in [4.69, 9.17) is 11.6 Å². The van der Waals surface area contributed by atoms with E-state index >= 15 is 0 Å². The Labute approximate surface area is 170 Å². The lowest BCUT2D eigenvalue weighted by molar-refractivity contribution is -0.110. The Balaban J connectivity index is 1.85. The summed E-state index contributed by atoms with van der Waals surface area (Å²) < 4.78 is 1.45. The van der Waals surface area contributed by atoms with E-state index in [0.717, 1.165) is 11.3 Å². The van der Waals surface area contributed by atoms with E-state index in [0.29, 0.717) is 33.0 Å². The molecule has 2 heterocycles. The third-order valence-corrected chi connectivity index (χ3v) is 5.20. The topological polar surface area (TPSA) is 64.0 Å². The fourth-order valence-electron chi connectivity index (χ4n) is 3.52. The molecule has 0 spiro atoms. The van der Waals surface area contributed by atoms with Crippen LogP contribution in [0.5, 0.6) is 0 Å². The smallest absolute Gasteiger partial charge is 0.266 e. The lowest BCUT2D eigenvalue weighted by atomic mass is 10.1. The van der Waals surface area contributed by atoms with Crippen LogP contribution < -0.4 is 10.9 Å². The van der Waals surface area contributed by atoms with Gasteiger partial charge in [0.25, 0.3) is 11.5 Å². The van der Waals surface area contributed by atoms with Gasteiger partial charge in [0, 0.05) is 11.3 Å². The molecule has 29 heavy (non-hydrogen) atoms. The Bertz CT molecular complexity index is 1390. The molecule has 1 N–H and O–H groups in total. The first-order valence-electron chi connectivity index (χ1n) is 9.02. The summed E-state index contributed by atoms with van der Waals surface area (Å²) in [6, 6.07) is 21.6. The van der Waals surface area contributed by atoms with E-state index in [9.17, 15) is 9.59 Å². The summed E-state index contributed by atoms with van der Waals surface area (Å²) in [5.74, 6) is 0.1000. The minimum Gasteiger partial charge on any atom is -0.321 e. The van der Waals surface area contributed by atoms with Gasteiger partial charge < -0.3 is 5.32 Å². The lowest BCUT2D eigenvalue weighted by Crippen LogP contribution is -2.23. The van der Waals surface area contributed by atoms with E-state index in [1.807, 2.05) is 30.3 Å². The maximum atomic E-state index is 13.3. The number of carbonyl (C=O) groups excluding carboxylic acids is 1. The molecule has 140 valence electrons. The second kappa shape index (κ2) is 6.72. The summed E-state index contributed by atoms with van der Waals surface area (Å²) in [5.41, 5.74) is 2.77. The number of hydrogen-bond donors (Lipinski definition) is 1. The minimum absolute atomic E-state index is 0.237. The largest absolute Gasteiger partial charge is 0.321 e. The standard InChI is InChI=1S/C23H14ClN3O2/c24-17-9-3-6-12-20(17)27-21(25-19-11-5-2-8-15(19)23(27)29)13-16-14-7-1-4-10-18(14)26-22(16)28/h1-13H,(H,26,28)/b16-13+. The monoisotopic (exact) mass is 399 g/mol. The van der Waals surface area contributed by atoms with Crippen molar-refractivity contribution in [1.29, 1.82) is 0 Å². The van der Waals surface area contributed by atoms with Crippen LogP contribution in [0.4, 0.5) is 5.69 Å². The molecule has 0 saturated carbocycles. The fourth-order valence-corrected chi connectivity index (χ4v) is 3.74. The van der Waals surface area contributed by atoms with Crippen molar-refractivity contribution in [3.63, 3.8) is 0 Å². The Morgan fingerprint density at radius 2 is 1.62 bits per heavy atom. The van der Waals surface area contributed by atoms with Crippen molar-refractivity contribution in [1.82, 2.24) is 9.55 Å². The number of rotatable bonds is 2. The van der Waals surface area contributed by atoms with Gasteiger partial charge in [-0.2, -0.15) is 0 Å². The van der Waals surface area contributed by atoms with Crippen LogP contribution in [0.2, 0.25) is 5.02 Å². The second-order valence-corrected chi connectivity index (χ2v) is 7.04. The normalized spacial score (nSPS) is 14.2. The van der Waals surface area contributed by atoms with Crippen LogP contribution in [0.15, 0.2) is 77.6 Å². The number of nitrogens with one attached hydrogen (secondary N) is 1. The zero-order valence-electron chi connectivity index (χ0n) is 15.1. The Morgan fingerprint density at radius 3 is 2.48 bits per heavy atom. The highest BCUT2D eigenvalue weighted by Crippen LogP contribution is 2.33. The molecule has 0 fully saturated rings. The van der Waals surface area contributed by atoms with Gasteiger partial charge in [-0.25, -0.2) is 4.98 Å². The molecule has 6 heteroatoms. The third kappa shape index (κ3) is 2.83. The van der Waals surface area contributed by atoms with Gasteiger partial charge in [-0.05, 0) is 36.4 Å². The molecule has 1 aliphatic heterocycles. The van der Waals surface area contributed by atoms with Gasteiger partial charge in [0.15, 0.2) is 0 Å². The Hall–Kier alpha value is -3.70. The van der Waals surface area contributed by atoms with E-state index in [2.05, 4.69) is 10.3 Å². The van der Waals surface area contributed by atoms with Crippen molar-refractivity contribution in [3.05, 3.63) is 99.6 Å². The molecule has 4 aromatic rings. The summed E-state index contributed by atoms with van der Waals surface area (Å²) >= 11 is 6.39. The number of hydrogen-bond acceptors (Lipinski definition) is 3. The number of amides is 1. The molecule has 5 rings (SSSR count). The third-order valence-electron chi connectivity index (χ3n) is 4.88. The number of para-hydroxylation sites is 3. The molecule has 3 aromatic carbocycles. The Morgan fingerprint density at radius 1 is 0.897 bits per heavy atom. The number of nitrogens with zero attached hydrogens (tertiary/aromatic N) is 2. The first-order chi connectivity index (χ1) is 14.1. The van der Waals surface area contributed by atoms with Crippen molar-refractivity contribution in [2.45, 2.75) is 0 Å². The number of anilines is 1. The van der Waals surface area contributed by atoms with Crippen LogP contribution in [-0.4, -0.2) is 15.5 Å². The van der Waals surface area contributed by atoms with Crippen LogP contribution in [0, 0.1) is 0 Å². The summed E-state index contributed by atoms with van der Waals surface area (Å²) in [5, 5.41) is 3.74. The van der Waals surface area contributed by atoms with Crippen molar-refractivity contribution >= 4 is 45.7 Å². The quantitative estimate of drug-likeness (QED) is 0.503. The molecule has 5 nitrogen and oxygen atoms in total. The number of halogens is 1. The molecular formula is C23H14ClN3O2. The minimum atomic E-state index is -0.248. The van der Waals surface area contributed by atoms with Gasteiger partial charge in [-0.15, -0.1) is 0 Å². The van der Waals surface area contributed by atoms with Crippen LogP contribution in [-0.2, 0) is 4.79 Å². The molecule has 0 radical (unpaired) electrons. The van der Waals surface area contributed by atoms with E-state index in [1.54, 1.807) is 48.5 Å². The summed E-state index contributed by atoms with van der Waals surface area (Å²) in [6.45, 7) is 0. The maximum absolute atomic E-state index is 13.3. The highest BCUT2D eigenvalue weighted by atomic mass is 35.5. The van der Waals surface area contributed by atoms with Gasteiger partial charge in [-0.3, -0.25) is 14.2 Å². The highest BCUT2D eigenvalue weighted by molar-refractivity contribution is 6.35. The number of fused-ring (bicyclic) bond motifs is 2. The number of aromatic nitrogens is 2. The van der Waals surface area contributed by atoms with Crippen molar-refractivity contribution < 1.29 is 4.79 Å². The molecule has 0 atom stereocenters. The van der Waals surface area contributed by atoms with Crippen molar-refractivity contribution in [3.8, 4) is 5.69 Å². The van der Waals surface area contributed by atoms with Crippen LogP contribution >= 0.6 is 11.6 Å². The predicted molar refractivity (Wildman–Crippen MR) is 115 cm³/mol. The van der Waals surface area contributed by atoms with Crippen LogP contribution in [0.25, 0.3) is 28.2 Å². The molecule has 0 aliphatic carbocycles. The van der Waals surface area contributed by atoms with Crippen molar-refractivity contribution in [2.24, 2.45) is 0 Å². The van der Waals surface area contributed by atoms with Gasteiger partial charge >= 0.3 is 0 Å². The lowest BCUT2D eigenvalue weighted by Gasteiger charge is -2.13. The number of benzene rings is 3. The van der Waals surface area contributed by atoms with Crippen LogP contribution in [0.1, 0.15) is 11.4 Å². The summed E-state index contributed by atoms with van der Waals surface area (Å²) in [7, 11) is 0. The average molecular weight is 400 g/mol. The summed E-state index contributed by atoms with van der Waals surface area (Å²) in [4.78, 5) is 30.6. The predicted octanol–water partition coefficient (Wildman–Crippen LogP) is 4.53. The van der Waals surface area contributed by atoms with Crippen LogP contribution in [0.3, 0.4) is 0 Å². The van der Waals surface area contributed by atoms with Gasteiger partial charge in [0.2, 0.25) is 0 Å². The first kappa shape index (κ1) is 17.4. The molecule has 0 unspecified atom stereocenters. The molecule has 0 bridgehead atoms. The SMILES string of the molecule is O=C1Nc2ccccc2/C1=C\c1nc2ccccc2c(=O)n1-c1ccccc1Cl. The van der Waals surface area contributed by atoms with Crippen molar-refractivity contribution in [2.75, 3.05) is 5.32 Å². The zero-order chi connectivity index (χ0) is 20.0. The number of carbonyl (C=O) groups is 1. The van der Waals surface area contributed by atoms with E-state index < -0.39 is 0 Å². The molecule has 0 saturated heterocycles. The highest BCUT2D eigenvalue weighted by Gasteiger charge is 2.25. The fraction of sp³-hybridized carbons (Fsp3) is 0. The maximum Gasteiger partial charge on any atom is 0.266 e. The van der Waals surface area contributed by atoms with Gasteiger partial charge in [0.05, 0.1) is 27.2 Å². The average Bonchev–Trinajstić information content (AvgIpc) is 3.04.